The molecule has 0 unspecified atom stereocenters. The van der Waals surface area contributed by atoms with Crippen molar-refractivity contribution in [1.29, 1.82) is 0 Å². The molecule has 2 aromatic heterocycles. The van der Waals surface area contributed by atoms with Gasteiger partial charge in [0, 0.05) is 36.6 Å². The van der Waals surface area contributed by atoms with E-state index in [1.807, 2.05) is 0 Å². The monoisotopic (exact) mass is 379 g/mol. The van der Waals surface area contributed by atoms with Crippen molar-refractivity contribution in [3.05, 3.63) is 95.8 Å². The van der Waals surface area contributed by atoms with Crippen LogP contribution in [0.3, 0.4) is 0 Å². The molecule has 2 heterocycles. The Balaban J connectivity index is 1.83. The van der Waals surface area contributed by atoms with Gasteiger partial charge in [-0.2, -0.15) is 4.57 Å². The van der Waals surface area contributed by atoms with Gasteiger partial charge in [0.05, 0.1) is 17.1 Å². The van der Waals surface area contributed by atoms with E-state index in [9.17, 15) is 0 Å². The topological polar surface area (TPSA) is 12.7 Å². The molecule has 3 heteroatoms. The van der Waals surface area contributed by atoms with Crippen LogP contribution in [0.4, 0.5) is 0 Å². The maximum absolute atomic E-state index is 2.38. The molecule has 0 N–H and O–H groups in total. The average Bonchev–Trinajstić information content (AvgIpc) is 3.06. The van der Waals surface area contributed by atoms with Gasteiger partial charge in [0.25, 0.3) is 0 Å². The molecule has 0 saturated heterocycles. The van der Waals surface area contributed by atoms with E-state index in [2.05, 4.69) is 121 Å². The average molecular weight is 380 g/mol. The van der Waals surface area contributed by atoms with Crippen LogP contribution in [0.15, 0.2) is 79.0 Å². The maximum atomic E-state index is 2.38. The molecule has 0 fully saturated rings. The number of aromatic nitrogens is 3. The van der Waals surface area contributed by atoms with Crippen LogP contribution in [0.5, 0.6) is 0 Å². The summed E-state index contributed by atoms with van der Waals surface area (Å²) < 4.78 is 6.86. The molecule has 5 rings (SSSR count). The van der Waals surface area contributed by atoms with E-state index < -0.39 is 0 Å². The van der Waals surface area contributed by atoms with Gasteiger partial charge >= 0.3 is 0 Å². The lowest BCUT2D eigenvalue weighted by Gasteiger charge is -2.11. The minimum atomic E-state index is 1.21. The quantitative estimate of drug-likeness (QED) is 0.391. The van der Waals surface area contributed by atoms with Gasteiger partial charge in [0.15, 0.2) is 12.7 Å². The standard InChI is InChI=1S/C26H25N3/c1-18-15-25(28-17-22-10-6-7-11-23(22)27(28)4)20(3)26(16-18)29-19(2)13-14-21-9-5-8-12-24(21)29/h5-17H,1-4H3/q+2. The van der Waals surface area contributed by atoms with Crippen molar-refractivity contribution in [1.82, 2.24) is 4.68 Å². The number of rotatable bonds is 2. The van der Waals surface area contributed by atoms with Crippen LogP contribution < -0.4 is 9.25 Å². The number of nitrogens with zero attached hydrogens (tertiary/aromatic N) is 3. The van der Waals surface area contributed by atoms with E-state index in [1.54, 1.807) is 0 Å². The molecule has 0 aliphatic heterocycles. The van der Waals surface area contributed by atoms with Crippen LogP contribution in [0.2, 0.25) is 0 Å². The van der Waals surface area contributed by atoms with Crippen molar-refractivity contribution >= 4 is 21.8 Å². The van der Waals surface area contributed by atoms with Crippen LogP contribution in [-0.4, -0.2) is 4.68 Å². The van der Waals surface area contributed by atoms with Crippen LogP contribution in [0, 0.1) is 20.8 Å². The van der Waals surface area contributed by atoms with Crippen molar-refractivity contribution in [2.75, 3.05) is 0 Å². The van der Waals surface area contributed by atoms with E-state index in [-0.39, 0.29) is 0 Å². The molecule has 3 nitrogen and oxygen atoms in total. The summed E-state index contributed by atoms with van der Waals surface area (Å²) in [6.07, 6.45) is 2.22. The number of hydrogen-bond donors (Lipinski definition) is 0. The zero-order valence-electron chi connectivity index (χ0n) is 17.3. The summed E-state index contributed by atoms with van der Waals surface area (Å²) in [4.78, 5) is 0. The number of aryl methyl sites for hydroxylation is 3. The highest BCUT2D eigenvalue weighted by atomic mass is 15.4. The predicted octanol–water partition coefficient (Wildman–Crippen LogP) is 4.81. The Bertz CT molecular complexity index is 1390. The molecule has 0 aliphatic carbocycles. The number of fused-ring (bicyclic) bond motifs is 2. The van der Waals surface area contributed by atoms with Gasteiger partial charge in [-0.15, -0.1) is 9.36 Å². The van der Waals surface area contributed by atoms with Gasteiger partial charge in [-0.3, -0.25) is 0 Å². The predicted molar refractivity (Wildman–Crippen MR) is 118 cm³/mol. The molecular weight excluding hydrogens is 354 g/mol. The van der Waals surface area contributed by atoms with E-state index in [1.165, 1.54) is 50.0 Å². The highest BCUT2D eigenvalue weighted by molar-refractivity contribution is 5.77. The molecule has 142 valence electrons. The fourth-order valence-electron chi connectivity index (χ4n) is 4.37. The SMILES string of the molecule is Cc1cc(-n2cc3ccccc3[n+]2C)c(C)c(-[n+]2c(C)ccc3ccccc32)c1. The number of benzene rings is 3. The zero-order chi connectivity index (χ0) is 20.1. The Morgan fingerprint density at radius 1 is 0.724 bits per heavy atom. The molecule has 5 aromatic rings. The second-order valence-corrected chi connectivity index (χ2v) is 7.85. The molecular formula is C26H25N3+2. The Morgan fingerprint density at radius 3 is 2.17 bits per heavy atom. The van der Waals surface area contributed by atoms with E-state index in [0.29, 0.717) is 0 Å². The second kappa shape index (κ2) is 6.56. The molecule has 0 atom stereocenters. The highest BCUT2D eigenvalue weighted by Crippen LogP contribution is 2.24. The summed E-state index contributed by atoms with van der Waals surface area (Å²) in [6.45, 7) is 6.58. The lowest BCUT2D eigenvalue weighted by molar-refractivity contribution is -0.720. The molecule has 0 amide bonds. The van der Waals surface area contributed by atoms with E-state index in [0.717, 1.165) is 0 Å². The first-order valence-electron chi connectivity index (χ1n) is 10.0. The van der Waals surface area contributed by atoms with Crippen molar-refractivity contribution in [2.24, 2.45) is 7.05 Å². The first-order chi connectivity index (χ1) is 14.0. The summed E-state index contributed by atoms with van der Waals surface area (Å²) in [6, 6.07) is 26.1. The number of hydrogen-bond acceptors (Lipinski definition) is 0. The molecule has 0 radical (unpaired) electrons. The Morgan fingerprint density at radius 2 is 1.41 bits per heavy atom. The first-order valence-corrected chi connectivity index (χ1v) is 10.0. The highest BCUT2D eigenvalue weighted by Gasteiger charge is 2.24. The van der Waals surface area contributed by atoms with Crippen LogP contribution in [0.25, 0.3) is 33.2 Å². The lowest BCUT2D eigenvalue weighted by Crippen LogP contribution is -2.40. The third-order valence-corrected chi connectivity index (χ3v) is 5.89. The smallest absolute Gasteiger partial charge is 0.157 e. The normalized spacial score (nSPS) is 11.4. The molecule has 0 aliphatic rings. The zero-order valence-corrected chi connectivity index (χ0v) is 17.3. The summed E-state index contributed by atoms with van der Waals surface area (Å²) >= 11 is 0. The molecule has 29 heavy (non-hydrogen) atoms. The fourth-order valence-corrected chi connectivity index (χ4v) is 4.37. The van der Waals surface area contributed by atoms with Gasteiger partial charge in [-0.25, -0.2) is 0 Å². The Labute approximate surface area is 171 Å². The summed E-state index contributed by atoms with van der Waals surface area (Å²) in [7, 11) is 2.13. The van der Waals surface area contributed by atoms with Crippen LogP contribution in [0.1, 0.15) is 16.8 Å². The fraction of sp³-hybridized carbons (Fsp3) is 0.154. The molecule has 3 aromatic carbocycles. The van der Waals surface area contributed by atoms with Gasteiger partial charge in [-0.05, 0) is 43.7 Å². The minimum Gasteiger partial charge on any atom is -0.157 e. The minimum absolute atomic E-state index is 1.21. The first kappa shape index (κ1) is 17.6. The van der Waals surface area contributed by atoms with Gasteiger partial charge < -0.3 is 0 Å². The van der Waals surface area contributed by atoms with Crippen molar-refractivity contribution < 1.29 is 9.25 Å². The Kier molecular flexibility index (Phi) is 3.99. The third-order valence-electron chi connectivity index (χ3n) is 5.89. The molecule has 0 saturated carbocycles. The maximum Gasteiger partial charge on any atom is 0.238 e. The molecule has 0 spiro atoms. The summed E-state index contributed by atoms with van der Waals surface area (Å²) in [5, 5.41) is 2.49. The largest absolute Gasteiger partial charge is 0.238 e. The Hall–Kier alpha value is -3.46. The van der Waals surface area contributed by atoms with Crippen molar-refractivity contribution in [3.63, 3.8) is 0 Å². The van der Waals surface area contributed by atoms with Crippen molar-refractivity contribution in [2.45, 2.75) is 20.8 Å². The number of pyridine rings is 1. The van der Waals surface area contributed by atoms with Gasteiger partial charge in [0.1, 0.15) is 5.69 Å². The summed E-state index contributed by atoms with van der Waals surface area (Å²) in [5.41, 5.74) is 8.63. The summed E-state index contributed by atoms with van der Waals surface area (Å²) in [5.74, 6) is 0. The lowest BCUT2D eigenvalue weighted by atomic mass is 10.1. The number of para-hydroxylation sites is 2. The van der Waals surface area contributed by atoms with Gasteiger partial charge in [-0.1, -0.05) is 24.3 Å². The van der Waals surface area contributed by atoms with Crippen LogP contribution in [-0.2, 0) is 7.05 Å². The van der Waals surface area contributed by atoms with E-state index >= 15 is 0 Å². The van der Waals surface area contributed by atoms with Crippen LogP contribution >= 0.6 is 0 Å². The molecule has 0 bridgehead atoms. The third kappa shape index (κ3) is 2.73. The van der Waals surface area contributed by atoms with Crippen molar-refractivity contribution in [3.8, 4) is 11.4 Å². The van der Waals surface area contributed by atoms with Gasteiger partial charge in [0.2, 0.25) is 16.7 Å². The second-order valence-electron chi connectivity index (χ2n) is 7.85. The van der Waals surface area contributed by atoms with E-state index in [4.69, 9.17) is 0 Å².